The van der Waals surface area contributed by atoms with E-state index in [-0.39, 0.29) is 25.0 Å². The average molecular weight is 324 g/mol. The summed E-state index contributed by atoms with van der Waals surface area (Å²) in [5.74, 6) is 0.251. The first-order chi connectivity index (χ1) is 11.6. The molecule has 2 aromatic rings. The molecule has 2 aromatic carbocycles. The van der Waals surface area contributed by atoms with Crippen LogP contribution in [0.1, 0.15) is 11.1 Å². The van der Waals surface area contributed by atoms with Crippen molar-refractivity contribution in [3.05, 3.63) is 59.7 Å². The number of carbonyl (C=O) groups is 2. The van der Waals surface area contributed by atoms with E-state index >= 15 is 0 Å². The molecule has 1 aliphatic rings. The van der Waals surface area contributed by atoms with Crippen LogP contribution in [0.3, 0.4) is 0 Å². The number of ether oxygens (including phenoxy) is 1. The first-order valence-corrected chi connectivity index (χ1v) is 7.98. The molecule has 1 heterocycles. The highest BCUT2D eigenvalue weighted by atomic mass is 16.5. The largest absolute Gasteiger partial charge is 0.482 e. The number of anilines is 1. The van der Waals surface area contributed by atoms with E-state index in [4.69, 9.17) is 4.74 Å². The van der Waals surface area contributed by atoms with Crippen LogP contribution >= 0.6 is 0 Å². The molecule has 0 unspecified atom stereocenters. The average Bonchev–Trinajstić information content (AvgIpc) is 2.59. The fourth-order valence-corrected chi connectivity index (χ4v) is 2.75. The fourth-order valence-electron chi connectivity index (χ4n) is 2.75. The number of hydrogen-bond acceptors (Lipinski definition) is 3. The molecule has 0 saturated heterocycles. The van der Waals surface area contributed by atoms with E-state index in [1.165, 1.54) is 16.0 Å². The molecule has 0 saturated carbocycles. The van der Waals surface area contributed by atoms with Crippen molar-refractivity contribution < 1.29 is 14.3 Å². The zero-order chi connectivity index (χ0) is 16.9. The van der Waals surface area contributed by atoms with Crippen LogP contribution < -0.4 is 15.0 Å². The highest BCUT2D eigenvalue weighted by Crippen LogP contribution is 2.31. The number of nitrogens with one attached hydrogen (secondary N) is 1. The molecule has 0 aromatic heterocycles. The summed E-state index contributed by atoms with van der Waals surface area (Å²) < 4.78 is 5.38. The number of hydrogen-bond donors (Lipinski definition) is 1. The molecule has 5 nitrogen and oxygen atoms in total. The van der Waals surface area contributed by atoms with E-state index in [1.807, 2.05) is 24.3 Å². The Morgan fingerprint density at radius 3 is 2.75 bits per heavy atom. The Morgan fingerprint density at radius 1 is 1.17 bits per heavy atom. The van der Waals surface area contributed by atoms with Crippen molar-refractivity contribution in [1.82, 2.24) is 5.32 Å². The first-order valence-electron chi connectivity index (χ1n) is 7.98. The standard InChI is InChI=1S/C19H20N2O3/c1-14-6-2-3-7-15(14)10-11-20-18(22)12-21-16-8-4-5-9-17(16)24-13-19(21)23/h2-9H,10-13H2,1H3,(H,20,22). The molecule has 24 heavy (non-hydrogen) atoms. The van der Waals surface area contributed by atoms with E-state index in [1.54, 1.807) is 12.1 Å². The maximum absolute atomic E-state index is 12.2. The van der Waals surface area contributed by atoms with Crippen LogP contribution in [0.5, 0.6) is 5.75 Å². The van der Waals surface area contributed by atoms with Gasteiger partial charge in [0.1, 0.15) is 12.3 Å². The van der Waals surface area contributed by atoms with Crippen LogP contribution in [0.2, 0.25) is 0 Å². The van der Waals surface area contributed by atoms with Crippen LogP contribution in [-0.2, 0) is 16.0 Å². The first kappa shape index (κ1) is 16.1. The predicted molar refractivity (Wildman–Crippen MR) is 92.2 cm³/mol. The molecule has 1 N–H and O–H groups in total. The molecule has 3 rings (SSSR count). The zero-order valence-electron chi connectivity index (χ0n) is 13.6. The third kappa shape index (κ3) is 3.56. The number of fused-ring (bicyclic) bond motifs is 1. The normalized spacial score (nSPS) is 13.2. The molecule has 0 atom stereocenters. The summed E-state index contributed by atoms with van der Waals surface area (Å²) in [6, 6.07) is 15.4. The summed E-state index contributed by atoms with van der Waals surface area (Å²) in [4.78, 5) is 25.7. The van der Waals surface area contributed by atoms with Crippen molar-refractivity contribution in [2.45, 2.75) is 13.3 Å². The predicted octanol–water partition coefficient (Wildman–Crippen LogP) is 2.08. The van der Waals surface area contributed by atoms with Crippen molar-refractivity contribution in [3.63, 3.8) is 0 Å². The van der Waals surface area contributed by atoms with E-state index < -0.39 is 0 Å². The fraction of sp³-hybridized carbons (Fsp3) is 0.263. The Hall–Kier alpha value is -2.82. The molecule has 0 spiro atoms. The Bertz CT molecular complexity index is 758. The number of amides is 2. The van der Waals surface area contributed by atoms with Gasteiger partial charge in [-0.2, -0.15) is 0 Å². The Morgan fingerprint density at radius 2 is 1.92 bits per heavy atom. The monoisotopic (exact) mass is 324 g/mol. The topological polar surface area (TPSA) is 58.6 Å². The van der Waals surface area contributed by atoms with Gasteiger partial charge in [-0.05, 0) is 36.6 Å². The van der Waals surface area contributed by atoms with Crippen molar-refractivity contribution in [2.24, 2.45) is 0 Å². The molecule has 0 radical (unpaired) electrons. The third-order valence-corrected chi connectivity index (χ3v) is 4.09. The minimum atomic E-state index is -0.206. The Labute approximate surface area is 141 Å². The second-order valence-corrected chi connectivity index (χ2v) is 5.76. The number of nitrogens with zero attached hydrogens (tertiary/aromatic N) is 1. The lowest BCUT2D eigenvalue weighted by atomic mass is 10.1. The Kier molecular flexibility index (Phi) is 4.79. The third-order valence-electron chi connectivity index (χ3n) is 4.09. The Balaban J connectivity index is 1.57. The second kappa shape index (κ2) is 7.17. The molecule has 124 valence electrons. The lowest BCUT2D eigenvalue weighted by Crippen LogP contribution is -2.45. The van der Waals surface area contributed by atoms with Gasteiger partial charge in [-0.1, -0.05) is 36.4 Å². The van der Waals surface area contributed by atoms with Crippen LogP contribution in [0.15, 0.2) is 48.5 Å². The number of benzene rings is 2. The van der Waals surface area contributed by atoms with Gasteiger partial charge in [0.15, 0.2) is 6.61 Å². The van der Waals surface area contributed by atoms with Gasteiger partial charge in [0.05, 0.1) is 5.69 Å². The van der Waals surface area contributed by atoms with Crippen LogP contribution in [0, 0.1) is 6.92 Å². The van der Waals surface area contributed by atoms with Crippen LogP contribution in [0.4, 0.5) is 5.69 Å². The molecular formula is C19H20N2O3. The summed E-state index contributed by atoms with van der Waals surface area (Å²) in [6.07, 6.45) is 0.770. The van der Waals surface area contributed by atoms with Gasteiger partial charge in [0.25, 0.3) is 5.91 Å². The van der Waals surface area contributed by atoms with Gasteiger partial charge in [0.2, 0.25) is 5.91 Å². The van der Waals surface area contributed by atoms with E-state index in [0.29, 0.717) is 18.0 Å². The molecule has 0 fully saturated rings. The summed E-state index contributed by atoms with van der Waals surface area (Å²) in [7, 11) is 0. The van der Waals surface area contributed by atoms with E-state index in [9.17, 15) is 9.59 Å². The number of para-hydroxylation sites is 2. The lowest BCUT2D eigenvalue weighted by molar-refractivity contribution is -0.125. The lowest BCUT2D eigenvalue weighted by Gasteiger charge is -2.28. The molecular weight excluding hydrogens is 304 g/mol. The van der Waals surface area contributed by atoms with Crippen molar-refractivity contribution >= 4 is 17.5 Å². The number of carbonyl (C=O) groups excluding carboxylic acids is 2. The molecule has 5 heteroatoms. The zero-order valence-corrected chi connectivity index (χ0v) is 13.6. The maximum atomic E-state index is 12.2. The van der Waals surface area contributed by atoms with Gasteiger partial charge in [-0.25, -0.2) is 0 Å². The van der Waals surface area contributed by atoms with Crippen LogP contribution in [-0.4, -0.2) is 31.5 Å². The quantitative estimate of drug-likeness (QED) is 0.916. The smallest absolute Gasteiger partial charge is 0.265 e. The van der Waals surface area contributed by atoms with Crippen LogP contribution in [0.25, 0.3) is 0 Å². The molecule has 2 amide bonds. The van der Waals surface area contributed by atoms with Gasteiger partial charge in [-0.15, -0.1) is 0 Å². The highest BCUT2D eigenvalue weighted by Gasteiger charge is 2.26. The van der Waals surface area contributed by atoms with Gasteiger partial charge in [0, 0.05) is 6.54 Å². The summed E-state index contributed by atoms with van der Waals surface area (Å²) in [5, 5.41) is 2.88. The number of aryl methyl sites for hydroxylation is 1. The van der Waals surface area contributed by atoms with Gasteiger partial charge < -0.3 is 10.1 Å². The summed E-state index contributed by atoms with van der Waals surface area (Å²) in [5.41, 5.74) is 3.07. The van der Waals surface area contributed by atoms with Crippen molar-refractivity contribution in [1.29, 1.82) is 0 Å². The maximum Gasteiger partial charge on any atom is 0.265 e. The van der Waals surface area contributed by atoms with E-state index in [0.717, 1.165) is 6.42 Å². The number of rotatable bonds is 5. The summed E-state index contributed by atoms with van der Waals surface area (Å²) >= 11 is 0. The minimum Gasteiger partial charge on any atom is -0.482 e. The molecule has 0 aliphatic carbocycles. The second-order valence-electron chi connectivity index (χ2n) is 5.76. The minimum absolute atomic E-state index is 0.00692. The van der Waals surface area contributed by atoms with Crippen molar-refractivity contribution in [2.75, 3.05) is 24.6 Å². The molecule has 1 aliphatic heterocycles. The summed E-state index contributed by atoms with van der Waals surface area (Å²) in [6.45, 7) is 2.57. The SMILES string of the molecule is Cc1ccccc1CCNC(=O)CN1C(=O)COc2ccccc21. The van der Waals surface area contributed by atoms with E-state index in [2.05, 4.69) is 24.4 Å². The van der Waals surface area contributed by atoms with Crippen molar-refractivity contribution in [3.8, 4) is 5.75 Å². The molecule has 0 bridgehead atoms. The van der Waals surface area contributed by atoms with Gasteiger partial charge in [-0.3, -0.25) is 14.5 Å². The highest BCUT2D eigenvalue weighted by molar-refractivity contribution is 6.02. The van der Waals surface area contributed by atoms with Gasteiger partial charge >= 0.3 is 0 Å².